The van der Waals surface area contributed by atoms with E-state index in [0.29, 0.717) is 17.7 Å². The van der Waals surface area contributed by atoms with Crippen molar-refractivity contribution in [2.75, 3.05) is 25.5 Å². The zero-order valence-electron chi connectivity index (χ0n) is 10.9. The van der Waals surface area contributed by atoms with Gasteiger partial charge in [0, 0.05) is 18.3 Å². The summed E-state index contributed by atoms with van der Waals surface area (Å²) in [6.45, 7) is 5.68. The lowest BCUT2D eigenvalue weighted by Gasteiger charge is -2.09. The standard InChI is InChI=1S/C12H22N4O/c1-9(8-13)5-4-6-14-12-15-10(2)7-11(16-12)17-3/h7,9H,4-6,8,13H2,1-3H3,(H,14,15,16). The van der Waals surface area contributed by atoms with Crippen LogP contribution in [-0.4, -0.2) is 30.2 Å². The summed E-state index contributed by atoms with van der Waals surface area (Å²) in [5.41, 5.74) is 6.46. The lowest BCUT2D eigenvalue weighted by molar-refractivity contribution is 0.397. The van der Waals surface area contributed by atoms with Crippen molar-refractivity contribution in [1.82, 2.24) is 9.97 Å². The molecule has 1 atom stereocenters. The molecule has 1 aromatic rings. The molecule has 1 aromatic heterocycles. The number of ether oxygens (including phenoxy) is 1. The van der Waals surface area contributed by atoms with Crippen LogP contribution in [0.1, 0.15) is 25.5 Å². The van der Waals surface area contributed by atoms with Gasteiger partial charge in [-0.05, 0) is 32.2 Å². The van der Waals surface area contributed by atoms with E-state index >= 15 is 0 Å². The van der Waals surface area contributed by atoms with Gasteiger partial charge in [0.25, 0.3) is 0 Å². The predicted molar refractivity (Wildman–Crippen MR) is 69.3 cm³/mol. The fourth-order valence-electron chi connectivity index (χ4n) is 1.49. The Balaban J connectivity index is 2.38. The normalized spacial score (nSPS) is 12.2. The Morgan fingerprint density at radius 2 is 2.24 bits per heavy atom. The van der Waals surface area contributed by atoms with E-state index in [4.69, 9.17) is 10.5 Å². The molecule has 0 aliphatic heterocycles. The molecule has 0 aromatic carbocycles. The zero-order chi connectivity index (χ0) is 12.7. The number of hydrogen-bond donors (Lipinski definition) is 2. The maximum absolute atomic E-state index is 5.56. The second-order valence-electron chi connectivity index (χ2n) is 4.29. The minimum atomic E-state index is 0.574. The Bertz CT molecular complexity index is 343. The van der Waals surface area contributed by atoms with Crippen LogP contribution < -0.4 is 15.8 Å². The number of anilines is 1. The molecule has 3 N–H and O–H groups in total. The summed E-state index contributed by atoms with van der Waals surface area (Å²) in [5.74, 6) is 1.79. The van der Waals surface area contributed by atoms with Crippen LogP contribution in [-0.2, 0) is 0 Å². The van der Waals surface area contributed by atoms with E-state index in [0.717, 1.165) is 31.6 Å². The van der Waals surface area contributed by atoms with Crippen LogP contribution in [0.15, 0.2) is 6.07 Å². The summed E-state index contributed by atoms with van der Waals surface area (Å²) >= 11 is 0. The molecule has 0 saturated carbocycles. The van der Waals surface area contributed by atoms with Gasteiger partial charge in [-0.1, -0.05) is 6.92 Å². The highest BCUT2D eigenvalue weighted by Crippen LogP contribution is 2.11. The summed E-state index contributed by atoms with van der Waals surface area (Å²) in [5, 5.41) is 3.20. The highest BCUT2D eigenvalue weighted by molar-refractivity contribution is 5.30. The first-order chi connectivity index (χ1) is 8.15. The van der Waals surface area contributed by atoms with E-state index in [2.05, 4.69) is 22.2 Å². The van der Waals surface area contributed by atoms with Crippen molar-refractivity contribution in [3.05, 3.63) is 11.8 Å². The monoisotopic (exact) mass is 238 g/mol. The van der Waals surface area contributed by atoms with E-state index in [1.165, 1.54) is 0 Å². The molecule has 5 heteroatoms. The first kappa shape index (κ1) is 13.7. The van der Waals surface area contributed by atoms with E-state index in [1.807, 2.05) is 13.0 Å². The maximum atomic E-state index is 5.56. The van der Waals surface area contributed by atoms with Gasteiger partial charge in [-0.25, -0.2) is 4.98 Å². The van der Waals surface area contributed by atoms with Crippen LogP contribution in [0, 0.1) is 12.8 Å². The SMILES string of the molecule is COc1cc(C)nc(NCCCC(C)CN)n1. The third-order valence-electron chi connectivity index (χ3n) is 2.60. The van der Waals surface area contributed by atoms with Crippen LogP contribution in [0.5, 0.6) is 5.88 Å². The van der Waals surface area contributed by atoms with Gasteiger partial charge in [0.05, 0.1) is 7.11 Å². The van der Waals surface area contributed by atoms with Gasteiger partial charge in [0.1, 0.15) is 0 Å². The largest absolute Gasteiger partial charge is 0.481 e. The van der Waals surface area contributed by atoms with Crippen molar-refractivity contribution in [1.29, 1.82) is 0 Å². The van der Waals surface area contributed by atoms with Gasteiger partial charge in [-0.3, -0.25) is 0 Å². The molecule has 0 fully saturated rings. The fourth-order valence-corrected chi connectivity index (χ4v) is 1.49. The molecular formula is C12H22N4O. The van der Waals surface area contributed by atoms with Crippen LogP contribution in [0.4, 0.5) is 5.95 Å². The quantitative estimate of drug-likeness (QED) is 0.706. The van der Waals surface area contributed by atoms with Crippen LogP contribution in [0.25, 0.3) is 0 Å². The van der Waals surface area contributed by atoms with Crippen molar-refractivity contribution in [2.45, 2.75) is 26.7 Å². The Kier molecular flexibility index (Phi) is 5.69. The van der Waals surface area contributed by atoms with Gasteiger partial charge >= 0.3 is 0 Å². The third kappa shape index (κ3) is 4.99. The number of methoxy groups -OCH3 is 1. The molecule has 0 amide bonds. The average Bonchev–Trinajstić information content (AvgIpc) is 2.33. The van der Waals surface area contributed by atoms with Crippen LogP contribution in [0.3, 0.4) is 0 Å². The summed E-state index contributed by atoms with van der Waals surface area (Å²) < 4.78 is 5.09. The van der Waals surface area contributed by atoms with Gasteiger partial charge in [-0.2, -0.15) is 4.98 Å². The van der Waals surface area contributed by atoms with Gasteiger partial charge in [0.2, 0.25) is 11.8 Å². The molecule has 1 unspecified atom stereocenters. The van der Waals surface area contributed by atoms with Crippen molar-refractivity contribution in [3.63, 3.8) is 0 Å². The minimum Gasteiger partial charge on any atom is -0.481 e. The highest BCUT2D eigenvalue weighted by Gasteiger charge is 2.02. The molecule has 0 aliphatic carbocycles. The number of aryl methyl sites for hydroxylation is 1. The average molecular weight is 238 g/mol. The molecule has 0 spiro atoms. The summed E-state index contributed by atoms with van der Waals surface area (Å²) in [4.78, 5) is 8.51. The number of hydrogen-bond acceptors (Lipinski definition) is 5. The number of nitrogens with one attached hydrogen (secondary N) is 1. The Hall–Kier alpha value is -1.36. The van der Waals surface area contributed by atoms with Crippen molar-refractivity contribution >= 4 is 5.95 Å². The Morgan fingerprint density at radius 3 is 2.88 bits per heavy atom. The van der Waals surface area contributed by atoms with Crippen LogP contribution >= 0.6 is 0 Å². The zero-order valence-corrected chi connectivity index (χ0v) is 10.9. The number of nitrogens with zero attached hydrogens (tertiary/aromatic N) is 2. The minimum absolute atomic E-state index is 0.574. The highest BCUT2D eigenvalue weighted by atomic mass is 16.5. The van der Waals surface area contributed by atoms with E-state index < -0.39 is 0 Å². The summed E-state index contributed by atoms with van der Waals surface area (Å²) in [6, 6.07) is 1.81. The van der Waals surface area contributed by atoms with E-state index in [-0.39, 0.29) is 0 Å². The molecule has 0 bridgehead atoms. The molecule has 96 valence electrons. The van der Waals surface area contributed by atoms with E-state index in [9.17, 15) is 0 Å². The molecule has 17 heavy (non-hydrogen) atoms. The lowest BCUT2D eigenvalue weighted by Crippen LogP contribution is -2.13. The molecule has 0 aliphatic rings. The molecule has 1 rings (SSSR count). The van der Waals surface area contributed by atoms with Gasteiger partial charge < -0.3 is 15.8 Å². The van der Waals surface area contributed by atoms with E-state index in [1.54, 1.807) is 7.11 Å². The molecular weight excluding hydrogens is 216 g/mol. The molecule has 0 saturated heterocycles. The molecule has 0 radical (unpaired) electrons. The van der Waals surface area contributed by atoms with Crippen molar-refractivity contribution < 1.29 is 4.74 Å². The Labute approximate surface area is 103 Å². The maximum Gasteiger partial charge on any atom is 0.226 e. The first-order valence-corrected chi connectivity index (χ1v) is 5.99. The van der Waals surface area contributed by atoms with Gasteiger partial charge in [0.15, 0.2) is 0 Å². The smallest absolute Gasteiger partial charge is 0.226 e. The fraction of sp³-hybridized carbons (Fsp3) is 0.667. The first-order valence-electron chi connectivity index (χ1n) is 5.99. The van der Waals surface area contributed by atoms with Crippen molar-refractivity contribution in [2.24, 2.45) is 11.7 Å². The van der Waals surface area contributed by atoms with Crippen LogP contribution in [0.2, 0.25) is 0 Å². The third-order valence-corrected chi connectivity index (χ3v) is 2.60. The Morgan fingerprint density at radius 1 is 1.47 bits per heavy atom. The second kappa shape index (κ2) is 7.06. The lowest BCUT2D eigenvalue weighted by atomic mass is 10.1. The van der Waals surface area contributed by atoms with Gasteiger partial charge in [-0.15, -0.1) is 0 Å². The van der Waals surface area contributed by atoms with Crippen molar-refractivity contribution in [3.8, 4) is 5.88 Å². The molecule has 5 nitrogen and oxygen atoms in total. The molecule has 1 heterocycles. The topological polar surface area (TPSA) is 73.1 Å². The summed E-state index contributed by atoms with van der Waals surface area (Å²) in [7, 11) is 1.61. The summed E-state index contributed by atoms with van der Waals surface area (Å²) in [6.07, 6.45) is 2.18. The number of nitrogens with two attached hydrogens (primary N) is 1. The number of rotatable bonds is 7. The predicted octanol–water partition coefficient (Wildman–Crippen LogP) is 1.58. The second-order valence-corrected chi connectivity index (χ2v) is 4.29. The number of aromatic nitrogens is 2.